The molecule has 0 amide bonds. The van der Waals surface area contributed by atoms with E-state index in [0.29, 0.717) is 24.3 Å². The molecular formula is C15H10F8N2. The maximum atomic E-state index is 14.1. The number of anilines is 2. The Hall–Kier alpha value is -2.52. The topological polar surface area (TPSA) is 52.0 Å². The molecule has 0 saturated carbocycles. The van der Waals surface area contributed by atoms with Gasteiger partial charge in [-0.05, 0) is 24.3 Å². The molecule has 2 rings (SSSR count). The lowest BCUT2D eigenvalue weighted by Gasteiger charge is -2.38. The predicted molar refractivity (Wildman–Crippen MR) is 74.5 cm³/mol. The highest BCUT2D eigenvalue weighted by Gasteiger charge is 2.74. The number of nitrogens with two attached hydrogens (primary N) is 2. The van der Waals surface area contributed by atoms with Crippen LogP contribution in [0.1, 0.15) is 11.1 Å². The maximum absolute atomic E-state index is 14.1. The second-order valence-electron chi connectivity index (χ2n) is 5.22. The van der Waals surface area contributed by atoms with E-state index < -0.39 is 51.9 Å². The summed E-state index contributed by atoms with van der Waals surface area (Å²) in [6, 6.07) is 2.41. The van der Waals surface area contributed by atoms with E-state index in [9.17, 15) is 35.1 Å². The fourth-order valence-electron chi connectivity index (χ4n) is 2.59. The lowest BCUT2D eigenvalue weighted by Crippen LogP contribution is -2.55. The number of nitrogen functional groups attached to an aromatic ring is 2. The summed E-state index contributed by atoms with van der Waals surface area (Å²) in [4.78, 5) is 0. The zero-order valence-corrected chi connectivity index (χ0v) is 12.1. The van der Waals surface area contributed by atoms with Gasteiger partial charge in [0.25, 0.3) is 0 Å². The molecular weight excluding hydrogens is 360 g/mol. The van der Waals surface area contributed by atoms with Crippen LogP contribution >= 0.6 is 0 Å². The zero-order chi connectivity index (χ0) is 19.2. The van der Waals surface area contributed by atoms with E-state index in [1.165, 1.54) is 0 Å². The van der Waals surface area contributed by atoms with Crippen LogP contribution in [0.25, 0.3) is 0 Å². The first-order valence-electron chi connectivity index (χ1n) is 6.57. The maximum Gasteiger partial charge on any atom is 0.411 e. The van der Waals surface area contributed by atoms with Crippen LogP contribution in [0.5, 0.6) is 0 Å². The van der Waals surface area contributed by atoms with Crippen molar-refractivity contribution in [2.24, 2.45) is 0 Å². The van der Waals surface area contributed by atoms with Crippen molar-refractivity contribution in [1.29, 1.82) is 0 Å². The second-order valence-corrected chi connectivity index (χ2v) is 5.22. The van der Waals surface area contributed by atoms with Crippen LogP contribution in [0.2, 0.25) is 0 Å². The molecule has 0 heterocycles. The van der Waals surface area contributed by atoms with E-state index in [2.05, 4.69) is 0 Å². The molecule has 0 fully saturated rings. The summed E-state index contributed by atoms with van der Waals surface area (Å²) in [6.45, 7) is 0. The first-order valence-corrected chi connectivity index (χ1v) is 6.57. The van der Waals surface area contributed by atoms with E-state index in [4.69, 9.17) is 11.5 Å². The van der Waals surface area contributed by atoms with Gasteiger partial charge in [0, 0.05) is 22.5 Å². The predicted octanol–water partition coefficient (Wildman–Crippen LogP) is 4.54. The Morgan fingerprint density at radius 1 is 0.600 bits per heavy atom. The molecule has 0 aliphatic rings. The van der Waals surface area contributed by atoms with Gasteiger partial charge in [-0.2, -0.15) is 26.3 Å². The molecule has 0 spiro atoms. The van der Waals surface area contributed by atoms with Gasteiger partial charge in [0.05, 0.1) is 0 Å². The number of benzene rings is 2. The summed E-state index contributed by atoms with van der Waals surface area (Å²) < 4.78 is 110. The van der Waals surface area contributed by atoms with Crippen LogP contribution in [0, 0.1) is 11.6 Å². The van der Waals surface area contributed by atoms with Crippen LogP contribution in [0.15, 0.2) is 36.4 Å². The first kappa shape index (κ1) is 18.8. The van der Waals surface area contributed by atoms with Crippen molar-refractivity contribution in [3.8, 4) is 0 Å². The van der Waals surface area contributed by atoms with Gasteiger partial charge in [-0.25, -0.2) is 8.78 Å². The average Bonchev–Trinajstić information content (AvgIpc) is 2.40. The van der Waals surface area contributed by atoms with E-state index in [0.717, 1.165) is 0 Å². The SMILES string of the molecule is Nc1ccc(C(c2ccc(N)cc2F)(C(F)(F)F)C(F)(F)F)c(F)c1. The van der Waals surface area contributed by atoms with Gasteiger partial charge in [-0.1, -0.05) is 12.1 Å². The molecule has 2 aromatic rings. The third-order valence-electron chi connectivity index (χ3n) is 3.64. The fourth-order valence-corrected chi connectivity index (χ4v) is 2.59. The van der Waals surface area contributed by atoms with Gasteiger partial charge >= 0.3 is 12.4 Å². The van der Waals surface area contributed by atoms with E-state index in [1.54, 1.807) is 0 Å². The van der Waals surface area contributed by atoms with Crippen molar-refractivity contribution in [3.05, 3.63) is 59.2 Å². The van der Waals surface area contributed by atoms with Crippen molar-refractivity contribution in [3.63, 3.8) is 0 Å². The summed E-state index contributed by atoms with van der Waals surface area (Å²) in [6.07, 6.45) is -12.2. The fraction of sp³-hybridized carbons (Fsp3) is 0.200. The van der Waals surface area contributed by atoms with E-state index >= 15 is 0 Å². The van der Waals surface area contributed by atoms with Crippen LogP contribution in [0.3, 0.4) is 0 Å². The van der Waals surface area contributed by atoms with Gasteiger partial charge in [0.2, 0.25) is 5.41 Å². The van der Waals surface area contributed by atoms with Crippen molar-refractivity contribution in [2.75, 3.05) is 11.5 Å². The van der Waals surface area contributed by atoms with Crippen LogP contribution < -0.4 is 11.5 Å². The number of hydrogen-bond donors (Lipinski definition) is 2. The summed E-state index contributed by atoms with van der Waals surface area (Å²) in [5, 5.41) is 0. The van der Waals surface area contributed by atoms with Gasteiger partial charge in [-0.15, -0.1) is 0 Å². The molecule has 4 N–H and O–H groups in total. The van der Waals surface area contributed by atoms with Crippen molar-refractivity contribution in [1.82, 2.24) is 0 Å². The van der Waals surface area contributed by atoms with Gasteiger partial charge in [0.15, 0.2) is 0 Å². The van der Waals surface area contributed by atoms with E-state index in [1.807, 2.05) is 0 Å². The van der Waals surface area contributed by atoms with Crippen LogP contribution in [-0.2, 0) is 5.41 Å². The second kappa shape index (κ2) is 5.78. The summed E-state index contributed by atoms with van der Waals surface area (Å²) >= 11 is 0. The van der Waals surface area contributed by atoms with Gasteiger partial charge in [0.1, 0.15) is 11.6 Å². The molecule has 0 aromatic heterocycles. The quantitative estimate of drug-likeness (QED) is 0.602. The molecule has 2 nitrogen and oxygen atoms in total. The minimum atomic E-state index is -6.11. The van der Waals surface area contributed by atoms with Crippen LogP contribution in [-0.4, -0.2) is 12.4 Å². The molecule has 136 valence electrons. The Morgan fingerprint density at radius 3 is 1.16 bits per heavy atom. The molecule has 25 heavy (non-hydrogen) atoms. The molecule has 0 bridgehead atoms. The van der Waals surface area contributed by atoms with Gasteiger partial charge < -0.3 is 11.5 Å². The third kappa shape index (κ3) is 2.85. The molecule has 0 radical (unpaired) electrons. The largest absolute Gasteiger partial charge is 0.411 e. The molecule has 0 aliphatic carbocycles. The number of rotatable bonds is 2. The highest BCUT2D eigenvalue weighted by molar-refractivity contribution is 5.52. The van der Waals surface area contributed by atoms with Crippen molar-refractivity contribution in [2.45, 2.75) is 17.8 Å². The third-order valence-corrected chi connectivity index (χ3v) is 3.64. The monoisotopic (exact) mass is 370 g/mol. The number of halogens is 8. The Kier molecular flexibility index (Phi) is 4.35. The summed E-state index contributed by atoms with van der Waals surface area (Å²) in [5.74, 6) is -3.74. The highest BCUT2D eigenvalue weighted by Crippen LogP contribution is 2.57. The lowest BCUT2D eigenvalue weighted by molar-refractivity contribution is -0.290. The normalized spacial score (nSPS) is 13.1. The highest BCUT2D eigenvalue weighted by atomic mass is 19.4. The average molecular weight is 370 g/mol. The minimum absolute atomic E-state index is 0.238. The summed E-state index contributed by atoms with van der Waals surface area (Å²) in [5.41, 5.74) is 1.02. The molecule has 0 unspecified atom stereocenters. The Labute approximate surface area is 136 Å². The van der Waals surface area contributed by atoms with Crippen LogP contribution in [0.4, 0.5) is 46.5 Å². The standard InChI is InChI=1S/C15H10F8N2/c16-11-5-7(24)1-3-9(11)13(14(18,19)20,15(21,22)23)10-4-2-8(25)6-12(10)17/h1-6H,24-25H2. The molecule has 0 saturated heterocycles. The molecule has 0 atom stereocenters. The lowest BCUT2D eigenvalue weighted by atomic mass is 9.72. The first-order chi connectivity index (χ1) is 11.3. The summed E-state index contributed by atoms with van der Waals surface area (Å²) in [7, 11) is 0. The molecule has 10 heteroatoms. The van der Waals surface area contributed by atoms with E-state index in [-0.39, 0.29) is 12.1 Å². The number of hydrogen-bond acceptors (Lipinski definition) is 2. The minimum Gasteiger partial charge on any atom is -0.399 e. The van der Waals surface area contributed by atoms with Crippen molar-refractivity contribution >= 4 is 11.4 Å². The van der Waals surface area contributed by atoms with Crippen molar-refractivity contribution < 1.29 is 35.1 Å². The molecule has 0 aliphatic heterocycles. The Bertz CT molecular complexity index is 728. The smallest absolute Gasteiger partial charge is 0.399 e. The van der Waals surface area contributed by atoms with Gasteiger partial charge in [-0.3, -0.25) is 0 Å². The zero-order valence-electron chi connectivity index (χ0n) is 12.1. The Morgan fingerprint density at radius 2 is 0.920 bits per heavy atom. The molecule has 2 aromatic carbocycles. The Balaban J connectivity index is 3.02. The number of alkyl halides is 6.